The predicted octanol–water partition coefficient (Wildman–Crippen LogP) is 6.59. The smallest absolute Gasteiger partial charge is 0.105 e. The Balaban J connectivity index is 2.15. The Labute approximate surface area is 168 Å². The van der Waals surface area contributed by atoms with Gasteiger partial charge in [0.1, 0.15) is 5.60 Å². The van der Waals surface area contributed by atoms with Crippen LogP contribution in [-0.2, 0) is 0 Å². The van der Waals surface area contributed by atoms with Crippen molar-refractivity contribution in [3.63, 3.8) is 0 Å². The second-order valence-electron chi connectivity index (χ2n) is 8.67. The van der Waals surface area contributed by atoms with Gasteiger partial charge in [0, 0.05) is 0 Å². The maximum atomic E-state index is 9.99. The number of hydrogen-bond acceptors (Lipinski definition) is 2. The Morgan fingerprint density at radius 1 is 1.19 bits per heavy atom. The third-order valence-electron chi connectivity index (χ3n) is 6.16. The van der Waals surface area contributed by atoms with Crippen LogP contribution in [0.3, 0.4) is 0 Å². The molecule has 2 N–H and O–H groups in total. The number of aliphatic hydroxyl groups is 2. The van der Waals surface area contributed by atoms with E-state index < -0.39 is 5.60 Å². The molecule has 1 rings (SSSR count). The fourth-order valence-electron chi connectivity index (χ4n) is 4.02. The summed E-state index contributed by atoms with van der Waals surface area (Å²) in [5, 5.41) is 19.2. The predicted molar refractivity (Wildman–Crippen MR) is 118 cm³/mol. The first-order valence-corrected chi connectivity index (χ1v) is 11.3. The minimum atomic E-state index is -1.08. The van der Waals surface area contributed by atoms with E-state index in [0.29, 0.717) is 12.3 Å². The maximum Gasteiger partial charge on any atom is 0.105 e. The molecule has 0 amide bonds. The lowest BCUT2D eigenvalue weighted by molar-refractivity contribution is 0.0186. The summed E-state index contributed by atoms with van der Waals surface area (Å²) in [7, 11) is 0. The second-order valence-corrected chi connectivity index (χ2v) is 8.67. The molecule has 0 spiro atoms. The van der Waals surface area contributed by atoms with Gasteiger partial charge in [0.2, 0.25) is 0 Å². The minimum Gasteiger partial charge on any atom is -0.393 e. The van der Waals surface area contributed by atoms with Crippen molar-refractivity contribution >= 4 is 0 Å². The van der Waals surface area contributed by atoms with E-state index in [9.17, 15) is 10.2 Å². The highest BCUT2D eigenvalue weighted by Crippen LogP contribution is 2.31. The van der Waals surface area contributed by atoms with Gasteiger partial charge in [-0.2, -0.15) is 0 Å². The summed E-state index contributed by atoms with van der Waals surface area (Å²) < 4.78 is 0. The Hall–Kier alpha value is -0.860. The lowest BCUT2D eigenvalue weighted by Crippen LogP contribution is -2.30. The van der Waals surface area contributed by atoms with Gasteiger partial charge in [-0.1, -0.05) is 89.2 Å². The third kappa shape index (κ3) is 10.3. The summed E-state index contributed by atoms with van der Waals surface area (Å²) in [6.45, 7) is 8.04. The van der Waals surface area contributed by atoms with Gasteiger partial charge in [-0.15, -0.1) is 6.58 Å². The summed E-state index contributed by atoms with van der Waals surface area (Å²) in [6, 6.07) is 0. The van der Waals surface area contributed by atoms with Crippen LogP contribution in [0, 0.1) is 17.8 Å². The van der Waals surface area contributed by atoms with Gasteiger partial charge in [0.25, 0.3) is 0 Å². The monoisotopic (exact) mass is 376 g/mol. The standard InChI is InChI=1S/C25H44O2/c1-4-6-14-22(3)15-10-11-17-24-19-13-18-23(24)16-9-7-8-12-20-25(27,5-2)21-26/h5,11,13,17,19,22-24,26-27H,2,4,6-10,12,14-16,18,20-21H2,1,3H3/t22?,23-,24-,25?/m0/s1. The van der Waals surface area contributed by atoms with Crippen LogP contribution in [0.2, 0.25) is 0 Å². The number of hydrogen-bond donors (Lipinski definition) is 2. The van der Waals surface area contributed by atoms with E-state index in [4.69, 9.17) is 0 Å². The van der Waals surface area contributed by atoms with E-state index in [1.165, 1.54) is 63.9 Å². The first-order valence-electron chi connectivity index (χ1n) is 11.3. The molecule has 0 aromatic heterocycles. The third-order valence-corrected chi connectivity index (χ3v) is 6.16. The average molecular weight is 377 g/mol. The molecule has 0 radical (unpaired) electrons. The van der Waals surface area contributed by atoms with Gasteiger partial charge in [-0.25, -0.2) is 0 Å². The van der Waals surface area contributed by atoms with Crippen molar-refractivity contribution in [1.82, 2.24) is 0 Å². The van der Waals surface area contributed by atoms with Crippen molar-refractivity contribution < 1.29 is 10.2 Å². The summed E-state index contributed by atoms with van der Waals surface area (Å²) in [4.78, 5) is 0. The number of unbranched alkanes of at least 4 members (excludes halogenated alkanes) is 4. The molecule has 0 saturated heterocycles. The van der Waals surface area contributed by atoms with Crippen LogP contribution in [-0.4, -0.2) is 22.4 Å². The Morgan fingerprint density at radius 3 is 2.67 bits per heavy atom. The second kappa shape index (κ2) is 14.2. The van der Waals surface area contributed by atoms with E-state index >= 15 is 0 Å². The molecule has 27 heavy (non-hydrogen) atoms. The van der Waals surface area contributed by atoms with Crippen molar-refractivity contribution in [2.24, 2.45) is 17.8 Å². The molecule has 0 fully saturated rings. The molecule has 0 aromatic rings. The fourth-order valence-corrected chi connectivity index (χ4v) is 4.02. The SMILES string of the molecule is C=CC(O)(CO)CCCCCC[C@H]1CC=C[C@@H]1C=CCCC(C)CCCC. The molecular weight excluding hydrogens is 332 g/mol. The first-order chi connectivity index (χ1) is 13.0. The lowest BCUT2D eigenvalue weighted by Gasteiger charge is -2.21. The van der Waals surface area contributed by atoms with E-state index in [-0.39, 0.29) is 6.61 Å². The summed E-state index contributed by atoms with van der Waals surface area (Å²) in [5.74, 6) is 2.27. The zero-order valence-electron chi connectivity index (χ0n) is 17.9. The van der Waals surface area contributed by atoms with Crippen LogP contribution < -0.4 is 0 Å². The van der Waals surface area contributed by atoms with Gasteiger partial charge in [0.15, 0.2) is 0 Å². The van der Waals surface area contributed by atoms with Crippen molar-refractivity contribution in [1.29, 1.82) is 0 Å². The molecule has 2 unspecified atom stereocenters. The van der Waals surface area contributed by atoms with Gasteiger partial charge in [0.05, 0.1) is 6.61 Å². The number of aliphatic hydroxyl groups excluding tert-OH is 1. The highest BCUT2D eigenvalue weighted by atomic mass is 16.3. The van der Waals surface area contributed by atoms with E-state index in [1.54, 1.807) is 0 Å². The fraction of sp³-hybridized carbons (Fsp3) is 0.760. The molecule has 0 aromatic carbocycles. The normalized spacial score (nSPS) is 23.0. The Bertz CT molecular complexity index is 440. The molecule has 2 heteroatoms. The van der Waals surface area contributed by atoms with Gasteiger partial charge in [-0.05, 0) is 49.9 Å². The van der Waals surface area contributed by atoms with Crippen LogP contribution in [0.15, 0.2) is 37.0 Å². The summed E-state index contributed by atoms with van der Waals surface area (Å²) in [5.41, 5.74) is -1.08. The van der Waals surface area contributed by atoms with Crippen molar-refractivity contribution in [3.8, 4) is 0 Å². The molecular formula is C25H44O2. The Kier molecular flexibility index (Phi) is 12.7. The van der Waals surface area contributed by atoms with Crippen molar-refractivity contribution in [2.45, 2.75) is 96.5 Å². The molecule has 0 bridgehead atoms. The topological polar surface area (TPSA) is 40.5 Å². The number of allylic oxidation sites excluding steroid dienone is 4. The highest BCUT2D eigenvalue weighted by Gasteiger charge is 2.21. The van der Waals surface area contributed by atoms with Crippen LogP contribution in [0.5, 0.6) is 0 Å². The molecule has 156 valence electrons. The van der Waals surface area contributed by atoms with E-state index in [0.717, 1.165) is 24.7 Å². The molecule has 4 atom stereocenters. The van der Waals surface area contributed by atoms with Crippen LogP contribution in [0.4, 0.5) is 0 Å². The molecule has 0 aliphatic heterocycles. The average Bonchev–Trinajstić information content (AvgIpc) is 3.13. The first kappa shape index (κ1) is 24.2. The highest BCUT2D eigenvalue weighted by molar-refractivity contribution is 5.09. The van der Waals surface area contributed by atoms with Crippen molar-refractivity contribution in [2.75, 3.05) is 6.61 Å². The largest absolute Gasteiger partial charge is 0.393 e. The lowest BCUT2D eigenvalue weighted by atomic mass is 9.89. The van der Waals surface area contributed by atoms with Gasteiger partial charge >= 0.3 is 0 Å². The van der Waals surface area contributed by atoms with Gasteiger partial charge in [-0.3, -0.25) is 0 Å². The Morgan fingerprint density at radius 2 is 1.96 bits per heavy atom. The molecule has 0 heterocycles. The van der Waals surface area contributed by atoms with E-state index in [1.807, 2.05) is 0 Å². The van der Waals surface area contributed by atoms with Crippen molar-refractivity contribution in [3.05, 3.63) is 37.0 Å². The quantitative estimate of drug-likeness (QED) is 0.235. The molecule has 1 aliphatic carbocycles. The number of rotatable bonds is 16. The zero-order chi connectivity index (χ0) is 20.0. The van der Waals surface area contributed by atoms with Crippen LogP contribution in [0.25, 0.3) is 0 Å². The van der Waals surface area contributed by atoms with Gasteiger partial charge < -0.3 is 10.2 Å². The maximum absolute atomic E-state index is 9.99. The molecule has 0 saturated carbocycles. The molecule has 1 aliphatic rings. The minimum absolute atomic E-state index is 0.227. The summed E-state index contributed by atoms with van der Waals surface area (Å²) in [6.07, 6.45) is 25.3. The zero-order valence-corrected chi connectivity index (χ0v) is 17.9. The van der Waals surface area contributed by atoms with E-state index in [2.05, 4.69) is 44.7 Å². The van der Waals surface area contributed by atoms with Crippen LogP contribution >= 0.6 is 0 Å². The van der Waals surface area contributed by atoms with Crippen LogP contribution in [0.1, 0.15) is 90.9 Å². The molecule has 2 nitrogen and oxygen atoms in total. The summed E-state index contributed by atoms with van der Waals surface area (Å²) >= 11 is 0.